The molecular formula is C13H25N3O3. The highest BCUT2D eigenvalue weighted by molar-refractivity contribution is 5.76. The highest BCUT2D eigenvalue weighted by atomic mass is 16.4. The van der Waals surface area contributed by atoms with Crippen molar-refractivity contribution in [2.45, 2.75) is 50.5 Å². The zero-order valence-electron chi connectivity index (χ0n) is 11.6. The monoisotopic (exact) mass is 271 g/mol. The molecule has 110 valence electrons. The van der Waals surface area contributed by atoms with Crippen molar-refractivity contribution in [3.05, 3.63) is 0 Å². The average molecular weight is 271 g/mol. The van der Waals surface area contributed by atoms with E-state index >= 15 is 0 Å². The third-order valence-corrected chi connectivity index (χ3v) is 3.57. The van der Waals surface area contributed by atoms with Crippen molar-refractivity contribution >= 4 is 12.0 Å². The van der Waals surface area contributed by atoms with Gasteiger partial charge < -0.3 is 21.1 Å². The predicted molar refractivity (Wildman–Crippen MR) is 73.1 cm³/mol. The minimum absolute atomic E-state index is 0.0108. The molecule has 0 atom stereocenters. The fourth-order valence-electron chi connectivity index (χ4n) is 2.62. The molecule has 19 heavy (non-hydrogen) atoms. The number of rotatable bonds is 7. The van der Waals surface area contributed by atoms with Crippen LogP contribution in [0.5, 0.6) is 0 Å². The summed E-state index contributed by atoms with van der Waals surface area (Å²) in [6.45, 7) is 1.44. The Labute approximate surface area is 114 Å². The molecule has 1 aliphatic carbocycles. The van der Waals surface area contributed by atoms with Gasteiger partial charge in [-0.2, -0.15) is 0 Å². The molecule has 0 aliphatic heterocycles. The zero-order chi connectivity index (χ0) is 14.1. The highest BCUT2D eigenvalue weighted by Gasteiger charge is 2.35. The Bertz CT molecular complexity index is 302. The first-order chi connectivity index (χ1) is 9.08. The quantitative estimate of drug-likeness (QED) is 0.521. The molecule has 6 nitrogen and oxygen atoms in total. The minimum atomic E-state index is -0.850. The third kappa shape index (κ3) is 5.92. The van der Waals surface area contributed by atoms with Gasteiger partial charge in [-0.15, -0.1) is 0 Å². The Morgan fingerprint density at radius 3 is 2.42 bits per heavy atom. The molecule has 0 aromatic carbocycles. The molecule has 0 aromatic heterocycles. The van der Waals surface area contributed by atoms with Crippen LogP contribution in [-0.2, 0) is 4.79 Å². The molecule has 1 aliphatic rings. The molecule has 0 bridgehead atoms. The SMILES string of the molecule is CNCCCNC(=O)NC1(CC(=O)O)CCCCC1. The van der Waals surface area contributed by atoms with Crippen molar-refractivity contribution in [2.75, 3.05) is 20.1 Å². The number of nitrogens with one attached hydrogen (secondary N) is 3. The van der Waals surface area contributed by atoms with Crippen molar-refractivity contribution in [2.24, 2.45) is 0 Å². The number of amides is 2. The molecule has 1 saturated carbocycles. The van der Waals surface area contributed by atoms with Crippen LogP contribution in [0.25, 0.3) is 0 Å². The maximum Gasteiger partial charge on any atom is 0.315 e. The van der Waals surface area contributed by atoms with Gasteiger partial charge >= 0.3 is 12.0 Å². The maximum absolute atomic E-state index is 11.8. The molecule has 0 heterocycles. The summed E-state index contributed by atoms with van der Waals surface area (Å²) in [6.07, 6.45) is 5.45. The summed E-state index contributed by atoms with van der Waals surface area (Å²) >= 11 is 0. The number of hydrogen-bond donors (Lipinski definition) is 4. The molecule has 4 N–H and O–H groups in total. The summed E-state index contributed by atoms with van der Waals surface area (Å²) in [7, 11) is 1.87. The van der Waals surface area contributed by atoms with Crippen molar-refractivity contribution in [1.82, 2.24) is 16.0 Å². The topological polar surface area (TPSA) is 90.5 Å². The first kappa shape index (κ1) is 15.8. The summed E-state index contributed by atoms with van der Waals surface area (Å²) in [6, 6.07) is -0.251. The van der Waals surface area contributed by atoms with Gasteiger partial charge in [0.05, 0.1) is 12.0 Å². The second-order valence-corrected chi connectivity index (χ2v) is 5.25. The van der Waals surface area contributed by atoms with Crippen LogP contribution in [-0.4, -0.2) is 42.8 Å². The number of hydrogen-bond acceptors (Lipinski definition) is 3. The minimum Gasteiger partial charge on any atom is -0.481 e. The lowest BCUT2D eigenvalue weighted by molar-refractivity contribution is -0.139. The van der Waals surface area contributed by atoms with Gasteiger partial charge in [0.1, 0.15) is 0 Å². The smallest absolute Gasteiger partial charge is 0.315 e. The van der Waals surface area contributed by atoms with Crippen LogP contribution in [0.4, 0.5) is 4.79 Å². The second kappa shape index (κ2) is 7.99. The summed E-state index contributed by atoms with van der Waals surface area (Å²) in [5, 5.41) is 17.7. The number of urea groups is 1. The molecule has 0 spiro atoms. The number of aliphatic carboxylic acids is 1. The lowest BCUT2D eigenvalue weighted by Crippen LogP contribution is -2.54. The predicted octanol–water partition coefficient (Wildman–Crippen LogP) is 1.07. The molecule has 1 rings (SSSR count). The van der Waals surface area contributed by atoms with Gasteiger partial charge in [0.2, 0.25) is 0 Å². The third-order valence-electron chi connectivity index (χ3n) is 3.57. The molecule has 6 heteroatoms. The van der Waals surface area contributed by atoms with Crippen molar-refractivity contribution < 1.29 is 14.7 Å². The van der Waals surface area contributed by atoms with Gasteiger partial charge in [-0.05, 0) is 32.9 Å². The highest BCUT2D eigenvalue weighted by Crippen LogP contribution is 2.31. The van der Waals surface area contributed by atoms with Gasteiger partial charge in [0, 0.05) is 6.54 Å². The van der Waals surface area contributed by atoms with Crippen LogP contribution in [0.2, 0.25) is 0 Å². The van der Waals surface area contributed by atoms with E-state index in [2.05, 4.69) is 16.0 Å². The van der Waals surface area contributed by atoms with Crippen LogP contribution in [0.1, 0.15) is 44.9 Å². The Morgan fingerprint density at radius 1 is 1.16 bits per heavy atom. The van der Waals surface area contributed by atoms with E-state index < -0.39 is 11.5 Å². The Hall–Kier alpha value is -1.30. The van der Waals surface area contributed by atoms with E-state index in [1.54, 1.807) is 0 Å². The van der Waals surface area contributed by atoms with E-state index in [1.807, 2.05) is 7.05 Å². The molecular weight excluding hydrogens is 246 g/mol. The summed E-state index contributed by atoms with van der Waals surface area (Å²) < 4.78 is 0. The fourth-order valence-corrected chi connectivity index (χ4v) is 2.62. The Balaban J connectivity index is 2.43. The van der Waals surface area contributed by atoms with E-state index in [9.17, 15) is 9.59 Å². The first-order valence-corrected chi connectivity index (χ1v) is 7.00. The number of carboxylic acid groups (broad SMARTS) is 1. The summed E-state index contributed by atoms with van der Waals surface area (Å²) in [5.74, 6) is -0.850. The van der Waals surface area contributed by atoms with Crippen molar-refractivity contribution in [3.8, 4) is 0 Å². The standard InChI is InChI=1S/C13H25N3O3/c1-14-8-5-9-15-12(19)16-13(10-11(17)18)6-3-2-4-7-13/h14H,2-10H2,1H3,(H,17,18)(H2,15,16,19). The largest absolute Gasteiger partial charge is 0.481 e. The summed E-state index contributed by atoms with van der Waals surface area (Å²) in [4.78, 5) is 22.8. The average Bonchev–Trinajstić information content (AvgIpc) is 2.34. The fraction of sp³-hybridized carbons (Fsp3) is 0.846. The van der Waals surface area contributed by atoms with Gasteiger partial charge in [0.15, 0.2) is 0 Å². The molecule has 0 saturated heterocycles. The van der Waals surface area contributed by atoms with Crippen molar-refractivity contribution in [1.29, 1.82) is 0 Å². The second-order valence-electron chi connectivity index (χ2n) is 5.25. The molecule has 1 fully saturated rings. The van der Waals surface area contributed by atoms with Crippen LogP contribution < -0.4 is 16.0 Å². The number of carbonyl (C=O) groups is 2. The molecule has 0 radical (unpaired) electrons. The Morgan fingerprint density at radius 2 is 1.84 bits per heavy atom. The Kier molecular flexibility index (Phi) is 6.62. The molecule has 0 aromatic rings. The maximum atomic E-state index is 11.8. The molecule has 2 amide bonds. The first-order valence-electron chi connectivity index (χ1n) is 7.00. The van der Waals surface area contributed by atoms with Gasteiger partial charge in [0.25, 0.3) is 0 Å². The van der Waals surface area contributed by atoms with Crippen LogP contribution >= 0.6 is 0 Å². The normalized spacial score (nSPS) is 17.7. The van der Waals surface area contributed by atoms with E-state index in [1.165, 1.54) is 0 Å². The van der Waals surface area contributed by atoms with E-state index in [4.69, 9.17) is 5.11 Å². The van der Waals surface area contributed by atoms with E-state index in [0.29, 0.717) is 6.54 Å². The van der Waals surface area contributed by atoms with Crippen molar-refractivity contribution in [3.63, 3.8) is 0 Å². The van der Waals surface area contributed by atoms with Gasteiger partial charge in [-0.25, -0.2) is 4.79 Å². The van der Waals surface area contributed by atoms with Gasteiger partial charge in [-0.1, -0.05) is 19.3 Å². The van der Waals surface area contributed by atoms with Crippen LogP contribution in [0.15, 0.2) is 0 Å². The van der Waals surface area contributed by atoms with E-state index in [-0.39, 0.29) is 12.5 Å². The number of carboxylic acids is 1. The lowest BCUT2D eigenvalue weighted by Gasteiger charge is -2.36. The number of carbonyl (C=O) groups excluding carboxylic acids is 1. The zero-order valence-corrected chi connectivity index (χ0v) is 11.6. The molecule has 0 unspecified atom stereocenters. The lowest BCUT2D eigenvalue weighted by atomic mass is 9.79. The van der Waals surface area contributed by atoms with Crippen LogP contribution in [0, 0.1) is 0 Å². The summed E-state index contributed by atoms with van der Waals surface area (Å²) in [5.41, 5.74) is -0.558. The van der Waals surface area contributed by atoms with Gasteiger partial charge in [-0.3, -0.25) is 4.79 Å². The van der Waals surface area contributed by atoms with Crippen LogP contribution in [0.3, 0.4) is 0 Å². The van der Waals surface area contributed by atoms with E-state index in [0.717, 1.165) is 45.1 Å².